The number of aliphatic imine (C=N–C) groups is 1. The van der Waals surface area contributed by atoms with E-state index in [1.165, 1.54) is 17.2 Å². The summed E-state index contributed by atoms with van der Waals surface area (Å²) in [7, 11) is 0. The third kappa shape index (κ3) is 5.65. The molecule has 2 heterocycles. The fraction of sp³-hybridized carbons (Fsp3) is 0.240. The predicted molar refractivity (Wildman–Crippen MR) is 128 cm³/mol. The van der Waals surface area contributed by atoms with Crippen molar-refractivity contribution in [1.29, 1.82) is 0 Å². The highest BCUT2D eigenvalue weighted by molar-refractivity contribution is 5.79. The highest BCUT2D eigenvalue weighted by Crippen LogP contribution is 2.17. The smallest absolute Gasteiger partial charge is 0.191 e. The molecule has 0 spiro atoms. The first-order valence-corrected chi connectivity index (χ1v) is 11.0. The maximum atomic E-state index is 14.7. The zero-order valence-electron chi connectivity index (χ0n) is 18.9. The van der Waals surface area contributed by atoms with Crippen LogP contribution < -0.4 is 10.6 Å². The van der Waals surface area contributed by atoms with Crippen molar-refractivity contribution in [2.45, 2.75) is 33.5 Å². The van der Waals surface area contributed by atoms with E-state index < -0.39 is 0 Å². The number of halogens is 1. The van der Waals surface area contributed by atoms with Gasteiger partial charge in [-0.05, 0) is 48.7 Å². The fourth-order valence-corrected chi connectivity index (χ4v) is 3.62. The number of rotatable bonds is 8. The summed E-state index contributed by atoms with van der Waals surface area (Å²) in [5.74, 6) is 1.13. The molecule has 0 amide bonds. The lowest BCUT2D eigenvalue weighted by Gasteiger charge is -2.14. The number of guanidine groups is 1. The highest BCUT2D eigenvalue weighted by atomic mass is 19.1. The van der Waals surface area contributed by atoms with Crippen LogP contribution in [0, 0.1) is 12.7 Å². The van der Waals surface area contributed by atoms with Crippen LogP contribution in [0.5, 0.6) is 0 Å². The van der Waals surface area contributed by atoms with Gasteiger partial charge in [-0.15, -0.1) is 0 Å². The molecular weight excluding hydrogens is 417 g/mol. The summed E-state index contributed by atoms with van der Waals surface area (Å²) < 4.78 is 18.3. The van der Waals surface area contributed by atoms with Crippen molar-refractivity contribution in [1.82, 2.24) is 30.0 Å². The van der Waals surface area contributed by atoms with Gasteiger partial charge in [0.15, 0.2) is 5.96 Å². The van der Waals surface area contributed by atoms with Gasteiger partial charge in [0.2, 0.25) is 0 Å². The van der Waals surface area contributed by atoms with Gasteiger partial charge in [0, 0.05) is 37.9 Å². The van der Waals surface area contributed by atoms with Gasteiger partial charge in [-0.1, -0.05) is 30.3 Å². The van der Waals surface area contributed by atoms with E-state index in [-0.39, 0.29) is 5.82 Å². The Bertz CT molecular complexity index is 1210. The molecule has 170 valence electrons. The number of imidazole rings is 1. The van der Waals surface area contributed by atoms with E-state index in [4.69, 9.17) is 0 Å². The Hall–Kier alpha value is -3.94. The molecule has 8 heteroatoms. The van der Waals surface area contributed by atoms with Gasteiger partial charge in [-0.2, -0.15) is 5.10 Å². The monoisotopic (exact) mass is 445 g/mol. The number of nitrogens with one attached hydrogen (secondary N) is 2. The summed E-state index contributed by atoms with van der Waals surface area (Å²) in [6.07, 6.45) is 7.15. The molecule has 0 saturated heterocycles. The second kappa shape index (κ2) is 10.6. The highest BCUT2D eigenvalue weighted by Gasteiger charge is 2.09. The molecule has 2 aromatic carbocycles. The minimum atomic E-state index is -0.297. The number of aromatic nitrogens is 4. The first-order valence-electron chi connectivity index (χ1n) is 11.0. The molecule has 0 fully saturated rings. The summed E-state index contributed by atoms with van der Waals surface area (Å²) >= 11 is 0. The van der Waals surface area contributed by atoms with Crippen LogP contribution in [0.1, 0.15) is 29.4 Å². The zero-order valence-corrected chi connectivity index (χ0v) is 18.9. The third-order valence-corrected chi connectivity index (χ3v) is 5.32. The summed E-state index contributed by atoms with van der Waals surface area (Å²) in [6.45, 7) is 6.29. The second-order valence-corrected chi connectivity index (χ2v) is 7.65. The molecule has 4 rings (SSSR count). The van der Waals surface area contributed by atoms with Crippen LogP contribution >= 0.6 is 0 Å². The number of aryl methyl sites for hydroxylation is 1. The molecule has 4 aromatic rings. The van der Waals surface area contributed by atoms with Gasteiger partial charge in [0.05, 0.1) is 18.8 Å². The predicted octanol–water partition coefficient (Wildman–Crippen LogP) is 3.82. The zero-order chi connectivity index (χ0) is 23.0. The Balaban J connectivity index is 1.43. The molecule has 0 atom stereocenters. The minimum Gasteiger partial charge on any atom is -0.357 e. The largest absolute Gasteiger partial charge is 0.357 e. The normalized spacial score (nSPS) is 11.5. The van der Waals surface area contributed by atoms with Crippen molar-refractivity contribution in [3.8, 4) is 5.69 Å². The fourth-order valence-electron chi connectivity index (χ4n) is 3.62. The Labute approximate surface area is 193 Å². The average molecular weight is 446 g/mol. The van der Waals surface area contributed by atoms with E-state index in [1.54, 1.807) is 29.2 Å². The molecule has 0 unspecified atom stereocenters. The Morgan fingerprint density at radius 2 is 1.88 bits per heavy atom. The number of hydrogen-bond donors (Lipinski definition) is 2. The SMILES string of the molecule is CCNC(=NCc1ccc(-n2ccnc2C)c(F)c1)NCc1ccccc1Cn1cccn1. The quantitative estimate of drug-likeness (QED) is 0.320. The summed E-state index contributed by atoms with van der Waals surface area (Å²) in [6, 6.07) is 15.4. The first kappa shape index (κ1) is 22.3. The lowest BCUT2D eigenvalue weighted by Crippen LogP contribution is -2.37. The number of hydrogen-bond acceptors (Lipinski definition) is 3. The van der Waals surface area contributed by atoms with Crippen molar-refractivity contribution in [2.75, 3.05) is 6.54 Å². The average Bonchev–Trinajstić information content (AvgIpc) is 3.48. The molecule has 0 aliphatic carbocycles. The lowest BCUT2D eigenvalue weighted by molar-refractivity contribution is 0.614. The van der Waals surface area contributed by atoms with Gasteiger partial charge >= 0.3 is 0 Å². The molecule has 0 saturated carbocycles. The molecular formula is C25H28FN7. The second-order valence-electron chi connectivity index (χ2n) is 7.65. The Kier molecular flexibility index (Phi) is 7.14. The van der Waals surface area contributed by atoms with Gasteiger partial charge in [0.25, 0.3) is 0 Å². The topological polar surface area (TPSA) is 72.1 Å². The summed E-state index contributed by atoms with van der Waals surface area (Å²) in [5, 5.41) is 10.9. The van der Waals surface area contributed by atoms with E-state index in [1.807, 2.05) is 49.0 Å². The molecule has 33 heavy (non-hydrogen) atoms. The molecule has 0 aliphatic rings. The maximum absolute atomic E-state index is 14.7. The van der Waals surface area contributed by atoms with E-state index in [0.717, 1.165) is 17.9 Å². The van der Waals surface area contributed by atoms with Crippen molar-refractivity contribution in [3.05, 3.63) is 102 Å². The van der Waals surface area contributed by atoms with Gasteiger partial charge in [-0.3, -0.25) is 4.68 Å². The van der Waals surface area contributed by atoms with Gasteiger partial charge in [-0.25, -0.2) is 14.4 Å². The van der Waals surface area contributed by atoms with Crippen LogP contribution in [0.4, 0.5) is 4.39 Å². The summed E-state index contributed by atoms with van der Waals surface area (Å²) in [5.41, 5.74) is 3.64. The van der Waals surface area contributed by atoms with E-state index >= 15 is 0 Å². The van der Waals surface area contributed by atoms with Crippen molar-refractivity contribution < 1.29 is 4.39 Å². The van der Waals surface area contributed by atoms with Crippen LogP contribution in [0.3, 0.4) is 0 Å². The summed E-state index contributed by atoms with van der Waals surface area (Å²) in [4.78, 5) is 8.81. The van der Waals surface area contributed by atoms with E-state index in [9.17, 15) is 4.39 Å². The van der Waals surface area contributed by atoms with Crippen LogP contribution in [-0.2, 0) is 19.6 Å². The van der Waals surface area contributed by atoms with Gasteiger partial charge in [0.1, 0.15) is 11.6 Å². The molecule has 0 radical (unpaired) electrons. The van der Waals surface area contributed by atoms with Crippen molar-refractivity contribution >= 4 is 5.96 Å². The third-order valence-electron chi connectivity index (χ3n) is 5.32. The van der Waals surface area contributed by atoms with E-state index in [0.29, 0.717) is 31.3 Å². The maximum Gasteiger partial charge on any atom is 0.191 e. The molecule has 0 aliphatic heterocycles. The lowest BCUT2D eigenvalue weighted by atomic mass is 10.1. The van der Waals surface area contributed by atoms with Crippen molar-refractivity contribution in [3.63, 3.8) is 0 Å². The van der Waals surface area contributed by atoms with Crippen LogP contribution in [0.2, 0.25) is 0 Å². The van der Waals surface area contributed by atoms with Crippen LogP contribution in [0.15, 0.2) is 78.3 Å². The van der Waals surface area contributed by atoms with Gasteiger partial charge < -0.3 is 15.2 Å². The molecule has 2 N–H and O–H groups in total. The van der Waals surface area contributed by atoms with E-state index in [2.05, 4.69) is 37.8 Å². The van der Waals surface area contributed by atoms with Crippen LogP contribution in [0.25, 0.3) is 5.69 Å². The Morgan fingerprint density at radius 3 is 2.58 bits per heavy atom. The number of nitrogens with zero attached hydrogens (tertiary/aromatic N) is 5. The standard InChI is InChI=1S/C25H28FN7/c1-3-27-25(30-17-21-7-4-5-8-22(21)18-32-13-6-11-31-32)29-16-20-9-10-24(23(26)15-20)33-14-12-28-19(33)2/h4-15H,3,16-18H2,1-2H3,(H2,27,29,30). The Morgan fingerprint density at radius 1 is 1.03 bits per heavy atom. The molecule has 7 nitrogen and oxygen atoms in total. The van der Waals surface area contributed by atoms with Crippen molar-refractivity contribution in [2.24, 2.45) is 4.99 Å². The van der Waals surface area contributed by atoms with Crippen LogP contribution in [-0.4, -0.2) is 31.8 Å². The first-order chi connectivity index (χ1) is 16.1. The molecule has 2 aromatic heterocycles. The number of benzene rings is 2. The minimum absolute atomic E-state index is 0.297. The molecule has 0 bridgehead atoms.